The molecule has 3 heterocycles. The Labute approximate surface area is 836 Å². The van der Waals surface area contributed by atoms with Crippen molar-refractivity contribution < 1.29 is 0 Å². The van der Waals surface area contributed by atoms with E-state index in [1.165, 1.54) is 116 Å². The van der Waals surface area contributed by atoms with Gasteiger partial charge in [-0.2, -0.15) is 0 Å². The normalized spacial score (nSPS) is 14.3. The number of benzene rings is 23. The van der Waals surface area contributed by atoms with E-state index in [1.54, 1.807) is 0 Å². The maximum atomic E-state index is 2.63. The number of hydrogen-bond donors (Lipinski definition) is 0. The van der Waals surface area contributed by atoms with Crippen LogP contribution in [-0.2, 0) is 6.42 Å². The molecule has 0 fully saturated rings. The minimum absolute atomic E-state index is 0.0606. The topological polar surface area (TPSA) is 22.8 Å². The van der Waals surface area contributed by atoms with E-state index < -0.39 is 0 Å². The number of allylic oxidation sites excluding steroid dienone is 3. The zero-order valence-electron chi connectivity index (χ0n) is 79.0. The first-order valence-electron chi connectivity index (χ1n) is 50.1. The van der Waals surface area contributed by atoms with Crippen LogP contribution in [0.25, 0.3) is 165 Å². The number of fused-ring (bicyclic) bond motifs is 15. The van der Waals surface area contributed by atoms with Gasteiger partial charge in [-0.05, 0) is 238 Å². The van der Waals surface area contributed by atoms with Crippen molar-refractivity contribution >= 4 is 172 Å². The first kappa shape index (κ1) is 83.5. The van der Waals surface area contributed by atoms with Crippen molar-refractivity contribution in [3.63, 3.8) is 0 Å². The van der Waals surface area contributed by atoms with Crippen LogP contribution >= 0.6 is 0 Å². The van der Waals surface area contributed by atoms with Crippen LogP contribution in [0.1, 0.15) is 39.8 Å². The predicted octanol–water partition coefficient (Wildman–Crippen LogP) is 37.3. The standard InChI is InChI=1S/C138H94N6/c1-4-28-91(29-5-1)94-58-64-97(65-59-94)106-70-76-133-121(82-106)124-88-109(73-79-136(124)142(133)130-55-25-43-103-37-13-19-49-118(103)130)139(127-52-22-40-100-34-10-16-46-115(100)127)112-85-113(140(128-53-23-41-101-35-11-17-47-116(101)128)110-74-80-137-125(89-110)122-83-107(98-66-60-95(61-67-98)92-30-6-2-7-31-92)71-77-134(122)143(137)131-56-26-44-104-38-14-20-50-119(104)131)87-114(86-112)141(129-54-24-42-102-36-12-18-48-117(102)129)111-75-81-138-126(90-111)123-84-108(99-68-62-96(63-69-99)93-32-8-3-9-33-93)72-78-135(123)144(138)132-57-27-45-105-39-15-21-51-120(105)132/h1-83,85-90,108,121,133H,84H2. The van der Waals surface area contributed by atoms with Gasteiger partial charge in [-0.15, -0.1) is 0 Å². The van der Waals surface area contributed by atoms with Gasteiger partial charge in [-0.1, -0.05) is 413 Å². The molecule has 6 heteroatoms. The van der Waals surface area contributed by atoms with E-state index in [0.29, 0.717) is 0 Å². The molecule has 0 amide bonds. The van der Waals surface area contributed by atoms with Crippen LogP contribution in [0.3, 0.4) is 0 Å². The molecule has 0 spiro atoms. The van der Waals surface area contributed by atoms with Crippen molar-refractivity contribution in [1.29, 1.82) is 0 Å². The van der Waals surface area contributed by atoms with Gasteiger partial charge >= 0.3 is 0 Å². The van der Waals surface area contributed by atoms with Gasteiger partial charge in [0.1, 0.15) is 0 Å². The molecule has 0 radical (unpaired) electrons. The molecule has 0 N–H and O–H groups in total. The van der Waals surface area contributed by atoms with Gasteiger partial charge in [0.15, 0.2) is 0 Å². The molecular weight excluding hydrogens is 1740 g/mol. The Morgan fingerprint density at radius 3 is 1.05 bits per heavy atom. The SMILES string of the molecule is C1=CC2C(C=C1c1ccc(-c3ccccc3)cc1)c1cc(N(c3cc(N(c4ccc5c(c4)c4c(n5-c5cccc6ccccc56)C=CC(c5ccc(-c6ccccc6)cc5)C4)c4cccc5ccccc45)cc(N(c4ccc5c(c4)c4cc(-c6ccc(-c7ccccc7)cc6)ccc4n5-c4cccc5ccccc45)c4cccc5ccccc45)c3)c3cccc4ccccc34)ccc1N2c1cccc2ccccc12. The molecule has 3 unspecified atom stereocenters. The summed E-state index contributed by atoms with van der Waals surface area (Å²) in [6.45, 7) is 0. The molecule has 23 aromatic carbocycles. The summed E-state index contributed by atoms with van der Waals surface area (Å²) in [6.07, 6.45) is 13.1. The summed E-state index contributed by atoms with van der Waals surface area (Å²) >= 11 is 0. The lowest BCUT2D eigenvalue weighted by atomic mass is 9.85. The maximum absolute atomic E-state index is 2.63. The van der Waals surface area contributed by atoms with Crippen molar-refractivity contribution in [1.82, 2.24) is 9.13 Å². The molecule has 2 aliphatic carbocycles. The van der Waals surface area contributed by atoms with Gasteiger partial charge in [0.2, 0.25) is 0 Å². The number of anilines is 11. The molecule has 676 valence electrons. The second-order valence-electron chi connectivity index (χ2n) is 38.5. The summed E-state index contributed by atoms with van der Waals surface area (Å²) in [5.41, 5.74) is 33.8. The summed E-state index contributed by atoms with van der Waals surface area (Å²) < 4.78 is 5.06. The predicted molar refractivity (Wildman–Crippen MR) is 609 cm³/mol. The van der Waals surface area contributed by atoms with Crippen LogP contribution in [0.4, 0.5) is 62.6 Å². The van der Waals surface area contributed by atoms with E-state index in [2.05, 4.69) is 569 Å². The fourth-order valence-corrected chi connectivity index (χ4v) is 23.7. The fourth-order valence-electron chi connectivity index (χ4n) is 23.7. The van der Waals surface area contributed by atoms with Gasteiger partial charge in [0, 0.05) is 94.4 Å². The van der Waals surface area contributed by atoms with Gasteiger partial charge in [0.05, 0.1) is 68.1 Å². The Kier molecular flexibility index (Phi) is 20.2. The minimum atomic E-state index is -0.0764. The van der Waals surface area contributed by atoms with E-state index in [9.17, 15) is 0 Å². The zero-order valence-corrected chi connectivity index (χ0v) is 79.0. The average molecular weight is 1840 g/mol. The Balaban J connectivity index is 0.716. The summed E-state index contributed by atoms with van der Waals surface area (Å²) in [7, 11) is 0. The van der Waals surface area contributed by atoms with Crippen molar-refractivity contribution in [3.8, 4) is 55.9 Å². The summed E-state index contributed by atoms with van der Waals surface area (Å²) in [4.78, 5) is 10.4. The van der Waals surface area contributed by atoms with Crippen LogP contribution < -0.4 is 19.6 Å². The largest absolute Gasteiger partial charge is 0.333 e. The van der Waals surface area contributed by atoms with Crippen molar-refractivity contribution in [2.24, 2.45) is 0 Å². The average Bonchev–Trinajstić information content (AvgIpc) is 1.34. The molecule has 144 heavy (non-hydrogen) atoms. The fraction of sp³-hybridized carbons (Fsp3) is 0.0290. The van der Waals surface area contributed by atoms with Crippen LogP contribution in [0.5, 0.6) is 0 Å². The molecule has 6 nitrogen and oxygen atoms in total. The number of nitrogens with zero attached hydrogens (tertiary/aromatic N) is 6. The van der Waals surface area contributed by atoms with E-state index in [0.717, 1.165) is 140 Å². The van der Waals surface area contributed by atoms with Crippen LogP contribution in [-0.4, -0.2) is 15.2 Å². The lowest BCUT2D eigenvalue weighted by Crippen LogP contribution is -2.29. The van der Waals surface area contributed by atoms with Crippen molar-refractivity contribution in [2.45, 2.75) is 24.3 Å². The van der Waals surface area contributed by atoms with Gasteiger partial charge in [-0.25, -0.2) is 0 Å². The molecule has 0 bridgehead atoms. The second kappa shape index (κ2) is 34.8. The smallest absolute Gasteiger partial charge is 0.0630 e. The van der Waals surface area contributed by atoms with E-state index in [1.807, 2.05) is 0 Å². The van der Waals surface area contributed by atoms with E-state index >= 15 is 0 Å². The number of aromatic nitrogens is 2. The monoisotopic (exact) mass is 1830 g/mol. The van der Waals surface area contributed by atoms with Crippen LogP contribution in [0.2, 0.25) is 0 Å². The van der Waals surface area contributed by atoms with Crippen molar-refractivity contribution in [3.05, 3.63) is 562 Å². The third-order valence-electron chi connectivity index (χ3n) is 30.5. The minimum Gasteiger partial charge on any atom is -0.333 e. The van der Waals surface area contributed by atoms with Gasteiger partial charge in [-0.3, -0.25) is 0 Å². The van der Waals surface area contributed by atoms with E-state index in [-0.39, 0.29) is 17.9 Å². The second-order valence-corrected chi connectivity index (χ2v) is 38.5. The maximum Gasteiger partial charge on any atom is 0.0630 e. The summed E-state index contributed by atoms with van der Waals surface area (Å²) in [6, 6.07) is 191. The van der Waals surface area contributed by atoms with Gasteiger partial charge < -0.3 is 28.7 Å². The molecule has 1 aliphatic heterocycles. The molecule has 2 aromatic heterocycles. The molecule has 28 rings (SSSR count). The highest BCUT2D eigenvalue weighted by molar-refractivity contribution is 6.15. The highest BCUT2D eigenvalue weighted by Gasteiger charge is 2.41. The number of rotatable bonds is 18. The third kappa shape index (κ3) is 14.3. The summed E-state index contributed by atoms with van der Waals surface area (Å²) in [5.74, 6) is 0.0174. The molecule has 3 aliphatic rings. The summed E-state index contributed by atoms with van der Waals surface area (Å²) in [5, 5.41) is 17.4. The number of hydrogen-bond acceptors (Lipinski definition) is 4. The van der Waals surface area contributed by atoms with Gasteiger partial charge in [0.25, 0.3) is 0 Å². The molecular formula is C138H94N6. The molecule has 25 aromatic rings. The highest BCUT2D eigenvalue weighted by atomic mass is 15.2. The Bertz CT molecular complexity index is 9490. The van der Waals surface area contributed by atoms with E-state index in [4.69, 9.17) is 0 Å². The van der Waals surface area contributed by atoms with Crippen LogP contribution in [0, 0.1) is 0 Å². The first-order chi connectivity index (χ1) is 71.4. The molecule has 0 saturated heterocycles. The molecule has 3 atom stereocenters. The Morgan fingerprint density at radius 2 is 0.562 bits per heavy atom. The third-order valence-corrected chi connectivity index (χ3v) is 30.5. The highest BCUT2D eigenvalue weighted by Crippen LogP contribution is 2.57. The Hall–Kier alpha value is -18.6. The Morgan fingerprint density at radius 1 is 0.215 bits per heavy atom. The zero-order chi connectivity index (χ0) is 94.8. The lowest BCUT2D eigenvalue weighted by Gasteiger charge is -2.34. The van der Waals surface area contributed by atoms with Crippen molar-refractivity contribution in [2.75, 3.05) is 19.6 Å². The molecule has 0 saturated carbocycles. The quantitative estimate of drug-likeness (QED) is 0.0854. The lowest BCUT2D eigenvalue weighted by molar-refractivity contribution is 0.748. The van der Waals surface area contributed by atoms with Crippen LogP contribution in [0.15, 0.2) is 534 Å². The first-order valence-corrected chi connectivity index (χ1v) is 50.1.